The topological polar surface area (TPSA) is 74.2 Å². The van der Waals surface area contributed by atoms with Crippen LogP contribution >= 0.6 is 0 Å². The van der Waals surface area contributed by atoms with E-state index in [-0.39, 0.29) is 12.1 Å². The van der Waals surface area contributed by atoms with Crippen molar-refractivity contribution in [2.24, 2.45) is 0 Å². The zero-order valence-corrected chi connectivity index (χ0v) is 17.9. The normalized spacial score (nSPS) is 11.3. The Balaban J connectivity index is 1.58. The molecule has 5 heteroatoms. The third-order valence-electron chi connectivity index (χ3n) is 5.10. The molecule has 0 aliphatic heterocycles. The smallest absolute Gasteiger partial charge is 0.319 e. The summed E-state index contributed by atoms with van der Waals surface area (Å²) in [4.78, 5) is 12.6. The SMILES string of the molecule is CCc1ccc(C(C)NC(=O)Nc2ccccc2COc2ccc(CC#N)cc2)cc1. The van der Waals surface area contributed by atoms with Crippen molar-refractivity contribution in [3.8, 4) is 11.8 Å². The van der Waals surface area contributed by atoms with Crippen molar-refractivity contribution in [3.05, 3.63) is 95.1 Å². The summed E-state index contributed by atoms with van der Waals surface area (Å²) in [5.74, 6) is 0.713. The Morgan fingerprint density at radius 1 is 1.00 bits per heavy atom. The maximum Gasteiger partial charge on any atom is 0.319 e. The molecule has 3 aromatic carbocycles. The van der Waals surface area contributed by atoms with Gasteiger partial charge in [0.05, 0.1) is 18.5 Å². The summed E-state index contributed by atoms with van der Waals surface area (Å²) in [7, 11) is 0. The lowest BCUT2D eigenvalue weighted by molar-refractivity contribution is 0.249. The first kappa shape index (κ1) is 21.9. The molecule has 3 aromatic rings. The molecule has 1 atom stereocenters. The van der Waals surface area contributed by atoms with Gasteiger partial charge in [-0.25, -0.2) is 4.79 Å². The first-order valence-corrected chi connectivity index (χ1v) is 10.4. The van der Waals surface area contributed by atoms with E-state index >= 15 is 0 Å². The third kappa shape index (κ3) is 6.35. The minimum atomic E-state index is -0.264. The predicted molar refractivity (Wildman–Crippen MR) is 123 cm³/mol. The zero-order chi connectivity index (χ0) is 22.1. The number of benzene rings is 3. The Morgan fingerprint density at radius 3 is 2.35 bits per heavy atom. The van der Waals surface area contributed by atoms with Gasteiger partial charge in [0.2, 0.25) is 0 Å². The summed E-state index contributed by atoms with van der Waals surface area (Å²) in [5.41, 5.74) is 4.86. The minimum Gasteiger partial charge on any atom is -0.489 e. The number of ether oxygens (including phenoxy) is 1. The van der Waals surface area contributed by atoms with Crippen molar-refractivity contribution in [1.82, 2.24) is 5.32 Å². The molecule has 0 aliphatic rings. The molecule has 0 aromatic heterocycles. The fourth-order valence-corrected chi connectivity index (χ4v) is 3.20. The van der Waals surface area contributed by atoms with Gasteiger partial charge in [0.15, 0.2) is 0 Å². The zero-order valence-electron chi connectivity index (χ0n) is 17.9. The number of carbonyl (C=O) groups excluding carboxylic acids is 1. The van der Waals surface area contributed by atoms with E-state index in [1.165, 1.54) is 5.56 Å². The number of carbonyl (C=O) groups is 1. The molecule has 0 aliphatic carbocycles. The molecule has 3 rings (SSSR count). The summed E-state index contributed by atoms with van der Waals surface area (Å²) in [6, 6.07) is 25.1. The van der Waals surface area contributed by atoms with Gasteiger partial charge in [-0.1, -0.05) is 61.5 Å². The highest BCUT2D eigenvalue weighted by Gasteiger charge is 2.11. The monoisotopic (exact) mass is 413 g/mol. The summed E-state index contributed by atoms with van der Waals surface area (Å²) < 4.78 is 5.87. The molecule has 2 N–H and O–H groups in total. The summed E-state index contributed by atoms with van der Waals surface area (Å²) >= 11 is 0. The van der Waals surface area contributed by atoms with Gasteiger partial charge in [-0.3, -0.25) is 0 Å². The second kappa shape index (κ2) is 10.8. The Bertz CT molecular complexity index is 1040. The number of nitrogens with one attached hydrogen (secondary N) is 2. The third-order valence-corrected chi connectivity index (χ3v) is 5.10. The highest BCUT2D eigenvalue weighted by Crippen LogP contribution is 2.20. The Morgan fingerprint density at radius 2 is 1.68 bits per heavy atom. The number of anilines is 1. The van der Waals surface area contributed by atoms with Gasteiger partial charge < -0.3 is 15.4 Å². The molecule has 0 bridgehead atoms. The minimum absolute atomic E-state index is 0.110. The van der Waals surface area contributed by atoms with Crippen molar-refractivity contribution < 1.29 is 9.53 Å². The number of para-hydroxylation sites is 1. The standard InChI is InChI=1S/C26H27N3O2/c1-3-20-8-12-22(13-9-20)19(2)28-26(30)29-25-7-5-4-6-23(25)18-31-24-14-10-21(11-15-24)16-17-27/h4-15,19H,3,16,18H2,1-2H3,(H2,28,29,30). The number of rotatable bonds is 8. The average molecular weight is 414 g/mol. The average Bonchev–Trinajstić information content (AvgIpc) is 2.79. The van der Waals surface area contributed by atoms with Crippen LogP contribution in [0.15, 0.2) is 72.8 Å². The number of hydrogen-bond donors (Lipinski definition) is 2. The fourth-order valence-electron chi connectivity index (χ4n) is 3.20. The van der Waals surface area contributed by atoms with E-state index in [9.17, 15) is 4.79 Å². The Hall–Kier alpha value is -3.78. The molecular weight excluding hydrogens is 386 g/mol. The van der Waals surface area contributed by atoms with Gasteiger partial charge in [-0.15, -0.1) is 0 Å². The maximum absolute atomic E-state index is 12.6. The molecule has 0 radical (unpaired) electrons. The van der Waals surface area contributed by atoms with E-state index < -0.39 is 0 Å². The van der Waals surface area contributed by atoms with Crippen LogP contribution in [0.2, 0.25) is 0 Å². The fraction of sp³-hybridized carbons (Fsp3) is 0.231. The summed E-state index contributed by atoms with van der Waals surface area (Å²) in [5, 5.41) is 14.7. The molecule has 0 saturated heterocycles. The first-order valence-electron chi connectivity index (χ1n) is 10.4. The van der Waals surface area contributed by atoms with Gasteiger partial charge >= 0.3 is 6.03 Å². The van der Waals surface area contributed by atoms with Crippen LogP contribution in [-0.2, 0) is 19.4 Å². The second-order valence-electron chi connectivity index (χ2n) is 7.34. The maximum atomic E-state index is 12.6. The Kier molecular flexibility index (Phi) is 7.67. The van der Waals surface area contributed by atoms with Crippen LogP contribution in [-0.4, -0.2) is 6.03 Å². The van der Waals surface area contributed by atoms with Gasteiger partial charge in [-0.05, 0) is 48.2 Å². The van der Waals surface area contributed by atoms with Crippen molar-refractivity contribution in [2.45, 2.75) is 39.3 Å². The quantitative estimate of drug-likeness (QED) is 0.492. The second-order valence-corrected chi connectivity index (χ2v) is 7.34. The van der Waals surface area contributed by atoms with Crippen molar-refractivity contribution >= 4 is 11.7 Å². The highest BCUT2D eigenvalue weighted by atomic mass is 16.5. The van der Waals surface area contributed by atoms with Crippen LogP contribution in [0, 0.1) is 11.3 Å². The van der Waals surface area contributed by atoms with Crippen LogP contribution in [0.5, 0.6) is 5.75 Å². The lowest BCUT2D eigenvalue weighted by Crippen LogP contribution is -2.31. The van der Waals surface area contributed by atoms with Crippen molar-refractivity contribution in [2.75, 3.05) is 5.32 Å². The summed E-state index contributed by atoms with van der Waals surface area (Å²) in [6.07, 6.45) is 1.37. The molecule has 0 spiro atoms. The van der Waals surface area contributed by atoms with Crippen molar-refractivity contribution in [3.63, 3.8) is 0 Å². The first-order chi connectivity index (χ1) is 15.1. The molecule has 0 saturated carbocycles. The molecule has 31 heavy (non-hydrogen) atoms. The van der Waals surface area contributed by atoms with E-state index in [0.29, 0.717) is 24.5 Å². The molecular formula is C26H27N3O2. The number of urea groups is 1. The van der Waals surface area contributed by atoms with Gasteiger partial charge in [-0.2, -0.15) is 5.26 Å². The number of hydrogen-bond acceptors (Lipinski definition) is 3. The van der Waals surface area contributed by atoms with Crippen LogP contribution in [0.3, 0.4) is 0 Å². The number of aryl methyl sites for hydroxylation is 1. The highest BCUT2D eigenvalue weighted by molar-refractivity contribution is 5.90. The number of nitriles is 1. The van der Waals surface area contributed by atoms with Gasteiger partial charge in [0, 0.05) is 11.3 Å². The van der Waals surface area contributed by atoms with E-state index in [2.05, 4.69) is 35.8 Å². The van der Waals surface area contributed by atoms with E-state index in [1.54, 1.807) is 0 Å². The van der Waals surface area contributed by atoms with E-state index in [0.717, 1.165) is 23.1 Å². The van der Waals surface area contributed by atoms with Gasteiger partial charge in [0.25, 0.3) is 0 Å². The van der Waals surface area contributed by atoms with Crippen LogP contribution < -0.4 is 15.4 Å². The van der Waals surface area contributed by atoms with E-state index in [1.807, 2.05) is 67.6 Å². The molecule has 0 fully saturated rings. The molecule has 2 amide bonds. The predicted octanol–water partition coefficient (Wildman–Crippen LogP) is 5.78. The number of nitrogens with zero attached hydrogens (tertiary/aromatic N) is 1. The lowest BCUT2D eigenvalue weighted by atomic mass is 10.1. The lowest BCUT2D eigenvalue weighted by Gasteiger charge is -2.17. The summed E-state index contributed by atoms with van der Waals surface area (Å²) in [6.45, 7) is 4.41. The van der Waals surface area contributed by atoms with Crippen LogP contribution in [0.25, 0.3) is 0 Å². The van der Waals surface area contributed by atoms with E-state index in [4.69, 9.17) is 10.00 Å². The molecule has 1 unspecified atom stereocenters. The van der Waals surface area contributed by atoms with Crippen molar-refractivity contribution in [1.29, 1.82) is 5.26 Å². The van der Waals surface area contributed by atoms with Crippen LogP contribution in [0.1, 0.15) is 42.1 Å². The largest absolute Gasteiger partial charge is 0.489 e. The van der Waals surface area contributed by atoms with Gasteiger partial charge in [0.1, 0.15) is 12.4 Å². The van der Waals surface area contributed by atoms with Crippen LogP contribution in [0.4, 0.5) is 10.5 Å². The molecule has 5 nitrogen and oxygen atoms in total. The Labute approximate surface area is 183 Å². The molecule has 0 heterocycles. The number of amides is 2. The molecule has 158 valence electrons.